The Labute approximate surface area is 194 Å². The minimum absolute atomic E-state index is 0.0928. The number of rotatable bonds is 4. The quantitative estimate of drug-likeness (QED) is 0.493. The van der Waals surface area contributed by atoms with Gasteiger partial charge >= 0.3 is 0 Å². The van der Waals surface area contributed by atoms with E-state index in [1.165, 1.54) is 12.1 Å². The minimum Gasteiger partial charge on any atom is -0.349 e. The van der Waals surface area contributed by atoms with Gasteiger partial charge in [-0.2, -0.15) is 15.3 Å². The van der Waals surface area contributed by atoms with E-state index in [1.807, 2.05) is 6.92 Å². The molecule has 1 aliphatic heterocycles. The molecule has 3 heterocycles. The molecule has 9 heteroatoms. The smallest absolute Gasteiger partial charge is 0.251 e. The summed E-state index contributed by atoms with van der Waals surface area (Å²) < 4.78 is 16.1. The molecule has 0 saturated carbocycles. The number of fused-ring (bicyclic) bond motifs is 1. The molecule has 0 unspecified atom stereocenters. The lowest BCUT2D eigenvalue weighted by Gasteiger charge is -2.32. The number of nitrogens with zero attached hydrogens (tertiary/aromatic N) is 5. The number of piperidine rings is 1. The van der Waals surface area contributed by atoms with Gasteiger partial charge in [-0.15, -0.1) is 0 Å². The summed E-state index contributed by atoms with van der Waals surface area (Å²) in [5.74, 6) is -0.403. The summed E-state index contributed by atoms with van der Waals surface area (Å²) in [5, 5.41) is 17.5. The number of anilines is 1. The first-order chi connectivity index (χ1) is 16.0. The minimum atomic E-state index is -0.285. The van der Waals surface area contributed by atoms with Crippen molar-refractivity contribution in [3.63, 3.8) is 0 Å². The van der Waals surface area contributed by atoms with Crippen LogP contribution in [-0.4, -0.2) is 39.8 Å². The van der Waals surface area contributed by atoms with Crippen LogP contribution >= 0.6 is 11.3 Å². The molecule has 4 aromatic rings. The van der Waals surface area contributed by atoms with Crippen LogP contribution in [0.15, 0.2) is 48.5 Å². The van der Waals surface area contributed by atoms with Crippen LogP contribution < -0.4 is 10.2 Å². The fourth-order valence-electron chi connectivity index (χ4n) is 4.00. The number of amides is 1. The van der Waals surface area contributed by atoms with Gasteiger partial charge in [-0.05, 0) is 68.3 Å². The van der Waals surface area contributed by atoms with Crippen molar-refractivity contribution in [2.75, 3.05) is 18.0 Å². The molecular weight excluding hydrogens is 439 g/mol. The zero-order valence-electron chi connectivity index (χ0n) is 18.0. The van der Waals surface area contributed by atoms with Gasteiger partial charge < -0.3 is 10.2 Å². The van der Waals surface area contributed by atoms with Crippen molar-refractivity contribution in [1.82, 2.24) is 20.1 Å². The first-order valence-electron chi connectivity index (χ1n) is 10.7. The van der Waals surface area contributed by atoms with E-state index >= 15 is 0 Å². The maximum atomic E-state index is 13.3. The standard InChI is InChI=1S/C24H21FN6OS/c1-15-21-22(31(29-15)20-8-6-18(25)7-9-20)28-24(33-21)30-12-10-19(11-13-30)27-23(32)17-4-2-16(14-26)3-5-17/h2-9,19H,10-13H2,1H3,(H,27,32). The monoisotopic (exact) mass is 460 g/mol. The number of nitriles is 1. The number of hydrogen-bond donors (Lipinski definition) is 1. The maximum absolute atomic E-state index is 13.3. The van der Waals surface area contributed by atoms with Crippen molar-refractivity contribution in [3.05, 3.63) is 71.2 Å². The molecule has 5 rings (SSSR count). The van der Waals surface area contributed by atoms with Crippen molar-refractivity contribution in [1.29, 1.82) is 5.26 Å². The van der Waals surface area contributed by atoms with E-state index in [2.05, 4.69) is 21.4 Å². The molecule has 1 amide bonds. The molecule has 0 aliphatic carbocycles. The molecular formula is C24H21FN6OS. The third kappa shape index (κ3) is 4.17. The Balaban J connectivity index is 1.26. The Bertz CT molecular complexity index is 1340. The van der Waals surface area contributed by atoms with Crippen LogP contribution in [0.3, 0.4) is 0 Å². The number of aromatic nitrogens is 3. The van der Waals surface area contributed by atoms with Crippen molar-refractivity contribution in [2.24, 2.45) is 0 Å². The summed E-state index contributed by atoms with van der Waals surface area (Å²) in [6.07, 6.45) is 1.64. The molecule has 1 N–H and O–H groups in total. The zero-order chi connectivity index (χ0) is 22.9. The van der Waals surface area contributed by atoms with E-state index in [0.717, 1.165) is 52.8 Å². The lowest BCUT2D eigenvalue weighted by atomic mass is 10.0. The van der Waals surface area contributed by atoms with Crippen molar-refractivity contribution >= 4 is 32.7 Å². The van der Waals surface area contributed by atoms with Crippen molar-refractivity contribution in [3.8, 4) is 11.8 Å². The Hall–Kier alpha value is -3.77. The van der Waals surface area contributed by atoms with Gasteiger partial charge in [0, 0.05) is 24.7 Å². The fourth-order valence-corrected chi connectivity index (χ4v) is 5.04. The average Bonchev–Trinajstić information content (AvgIpc) is 3.41. The summed E-state index contributed by atoms with van der Waals surface area (Å²) in [7, 11) is 0. The van der Waals surface area contributed by atoms with Crippen LogP contribution in [0, 0.1) is 24.1 Å². The number of nitrogens with one attached hydrogen (secondary N) is 1. The molecule has 0 bridgehead atoms. The third-order valence-corrected chi connectivity index (χ3v) is 7.04. The summed E-state index contributed by atoms with van der Waals surface area (Å²) in [6, 6.07) is 15.0. The Morgan fingerprint density at radius 2 is 1.85 bits per heavy atom. The first kappa shape index (κ1) is 21.1. The SMILES string of the molecule is Cc1nn(-c2ccc(F)cc2)c2nc(N3CCC(NC(=O)c4ccc(C#N)cc4)CC3)sc12. The molecule has 0 radical (unpaired) electrons. The first-order valence-corrected chi connectivity index (χ1v) is 11.5. The predicted molar refractivity (Wildman–Crippen MR) is 125 cm³/mol. The molecule has 1 aliphatic rings. The van der Waals surface area contributed by atoms with Crippen molar-refractivity contribution < 1.29 is 9.18 Å². The number of carbonyl (C=O) groups excluding carboxylic acids is 1. The average molecular weight is 461 g/mol. The van der Waals surface area contributed by atoms with Gasteiger partial charge in [-0.25, -0.2) is 9.07 Å². The fraction of sp³-hybridized carbons (Fsp3) is 0.250. The Morgan fingerprint density at radius 1 is 1.15 bits per heavy atom. The number of halogens is 1. The van der Waals surface area contributed by atoms with Crippen LogP contribution in [0.2, 0.25) is 0 Å². The maximum Gasteiger partial charge on any atom is 0.251 e. The van der Waals surface area contributed by atoms with Crippen LogP contribution in [0.25, 0.3) is 16.0 Å². The highest BCUT2D eigenvalue weighted by Crippen LogP contribution is 2.33. The van der Waals surface area contributed by atoms with Crippen LogP contribution in [0.1, 0.15) is 34.5 Å². The summed E-state index contributed by atoms with van der Waals surface area (Å²) >= 11 is 1.61. The lowest BCUT2D eigenvalue weighted by molar-refractivity contribution is 0.0931. The van der Waals surface area contributed by atoms with E-state index in [0.29, 0.717) is 11.1 Å². The van der Waals surface area contributed by atoms with E-state index in [4.69, 9.17) is 10.2 Å². The van der Waals surface area contributed by atoms with E-state index in [-0.39, 0.29) is 17.8 Å². The summed E-state index contributed by atoms with van der Waals surface area (Å²) in [5.41, 5.74) is 3.53. The number of thiazole rings is 1. The molecule has 0 atom stereocenters. The van der Waals surface area contributed by atoms with Gasteiger partial charge in [0.2, 0.25) is 0 Å². The topological polar surface area (TPSA) is 86.8 Å². The van der Waals surface area contributed by atoms with Gasteiger partial charge in [0.15, 0.2) is 10.8 Å². The molecule has 2 aromatic carbocycles. The summed E-state index contributed by atoms with van der Waals surface area (Å²) in [6.45, 7) is 3.53. The van der Waals surface area contributed by atoms with Crippen LogP contribution in [0.4, 0.5) is 9.52 Å². The molecule has 1 saturated heterocycles. The molecule has 166 valence electrons. The number of benzene rings is 2. The highest BCUT2D eigenvalue weighted by Gasteiger charge is 2.25. The lowest BCUT2D eigenvalue weighted by Crippen LogP contribution is -2.44. The Morgan fingerprint density at radius 3 is 2.52 bits per heavy atom. The second-order valence-electron chi connectivity index (χ2n) is 8.05. The van der Waals surface area contributed by atoms with Crippen LogP contribution in [-0.2, 0) is 0 Å². The van der Waals surface area contributed by atoms with Crippen molar-refractivity contribution in [2.45, 2.75) is 25.8 Å². The van der Waals surface area contributed by atoms with E-state index in [9.17, 15) is 9.18 Å². The van der Waals surface area contributed by atoms with Gasteiger partial charge in [0.1, 0.15) is 5.82 Å². The molecule has 0 spiro atoms. The largest absolute Gasteiger partial charge is 0.349 e. The zero-order valence-corrected chi connectivity index (χ0v) is 18.8. The molecule has 2 aromatic heterocycles. The summed E-state index contributed by atoms with van der Waals surface area (Å²) in [4.78, 5) is 19.6. The number of aryl methyl sites for hydroxylation is 1. The molecule has 7 nitrogen and oxygen atoms in total. The molecule has 1 fully saturated rings. The third-order valence-electron chi connectivity index (χ3n) is 5.83. The highest BCUT2D eigenvalue weighted by molar-refractivity contribution is 7.22. The second-order valence-corrected chi connectivity index (χ2v) is 9.02. The number of hydrogen-bond acceptors (Lipinski definition) is 6. The molecule has 33 heavy (non-hydrogen) atoms. The van der Waals surface area contributed by atoms with E-state index in [1.54, 1.807) is 52.4 Å². The van der Waals surface area contributed by atoms with E-state index < -0.39 is 0 Å². The van der Waals surface area contributed by atoms with Gasteiger partial charge in [0.25, 0.3) is 5.91 Å². The van der Waals surface area contributed by atoms with Gasteiger partial charge in [-0.3, -0.25) is 4.79 Å². The number of carbonyl (C=O) groups is 1. The van der Waals surface area contributed by atoms with Gasteiger partial charge in [-0.1, -0.05) is 11.3 Å². The second kappa shape index (κ2) is 8.64. The van der Waals surface area contributed by atoms with Gasteiger partial charge in [0.05, 0.1) is 27.7 Å². The normalized spacial score (nSPS) is 14.4. The Kier molecular flexibility index (Phi) is 5.52. The highest BCUT2D eigenvalue weighted by atomic mass is 32.1. The van der Waals surface area contributed by atoms with Crippen LogP contribution in [0.5, 0.6) is 0 Å². The predicted octanol–water partition coefficient (Wildman–Crippen LogP) is 4.20.